The Morgan fingerprint density at radius 3 is 2.74 bits per heavy atom. The van der Waals surface area contributed by atoms with Crippen molar-refractivity contribution in [1.29, 1.82) is 0 Å². The maximum absolute atomic E-state index is 12.0. The molecule has 7 heteroatoms. The highest BCUT2D eigenvalue weighted by molar-refractivity contribution is 8.01. The summed E-state index contributed by atoms with van der Waals surface area (Å²) in [5.41, 5.74) is 0. The number of carbonyl (C=O) groups excluding carboxylic acids is 3. The zero-order chi connectivity index (χ0) is 14.4. The standard InChI is InChI=1S/C12H20N2O3S2/c1-8(2)19-9-6-11(16)14(12(9)17)5-4-10(15)13-7-18-3/h8-9H,4-7H2,1-3H3,(H,13,15). The van der Waals surface area contributed by atoms with Crippen LogP contribution in [-0.4, -0.2) is 51.8 Å². The minimum absolute atomic E-state index is 0.130. The molecule has 0 aromatic heterocycles. The van der Waals surface area contributed by atoms with Crippen LogP contribution >= 0.6 is 23.5 Å². The second-order valence-corrected chi connectivity index (χ2v) is 7.19. The second-order valence-electron chi connectivity index (χ2n) is 4.54. The SMILES string of the molecule is CSCNC(=O)CCN1C(=O)CC(SC(C)C)C1=O. The molecule has 0 spiro atoms. The molecular formula is C12H20N2O3S2. The van der Waals surface area contributed by atoms with E-state index in [0.717, 1.165) is 0 Å². The van der Waals surface area contributed by atoms with Gasteiger partial charge in [-0.25, -0.2) is 0 Å². The van der Waals surface area contributed by atoms with E-state index in [9.17, 15) is 14.4 Å². The number of likely N-dealkylation sites (tertiary alicyclic amines) is 1. The van der Waals surface area contributed by atoms with E-state index in [-0.39, 0.29) is 42.4 Å². The van der Waals surface area contributed by atoms with Gasteiger partial charge in [-0.1, -0.05) is 13.8 Å². The lowest BCUT2D eigenvalue weighted by Crippen LogP contribution is -2.35. The van der Waals surface area contributed by atoms with Crippen LogP contribution in [0.25, 0.3) is 0 Å². The molecule has 1 fully saturated rings. The normalized spacial score (nSPS) is 19.4. The summed E-state index contributed by atoms with van der Waals surface area (Å²) < 4.78 is 0. The van der Waals surface area contributed by atoms with Crippen molar-refractivity contribution in [2.45, 2.75) is 37.2 Å². The first-order chi connectivity index (χ1) is 8.95. The number of carbonyl (C=O) groups is 3. The molecule has 1 unspecified atom stereocenters. The van der Waals surface area contributed by atoms with Crippen molar-refractivity contribution in [1.82, 2.24) is 10.2 Å². The molecule has 1 atom stereocenters. The van der Waals surface area contributed by atoms with Gasteiger partial charge < -0.3 is 5.32 Å². The van der Waals surface area contributed by atoms with Gasteiger partial charge in [-0.15, -0.1) is 23.5 Å². The molecule has 108 valence electrons. The number of nitrogens with zero attached hydrogens (tertiary/aromatic N) is 1. The van der Waals surface area contributed by atoms with E-state index in [1.165, 1.54) is 28.4 Å². The molecular weight excluding hydrogens is 284 g/mol. The van der Waals surface area contributed by atoms with Crippen molar-refractivity contribution in [2.24, 2.45) is 0 Å². The highest BCUT2D eigenvalue weighted by atomic mass is 32.2. The average molecular weight is 304 g/mol. The Hall–Kier alpha value is -0.690. The summed E-state index contributed by atoms with van der Waals surface area (Å²) in [6, 6.07) is 0. The maximum Gasteiger partial charge on any atom is 0.242 e. The molecule has 3 amide bonds. The fraction of sp³-hybridized carbons (Fsp3) is 0.750. The second kappa shape index (κ2) is 7.79. The fourth-order valence-electron chi connectivity index (χ4n) is 1.78. The zero-order valence-electron chi connectivity index (χ0n) is 11.5. The number of hydrogen-bond acceptors (Lipinski definition) is 5. The summed E-state index contributed by atoms with van der Waals surface area (Å²) in [5, 5.41) is 2.73. The van der Waals surface area contributed by atoms with E-state index < -0.39 is 0 Å². The van der Waals surface area contributed by atoms with Crippen LogP contribution in [0.2, 0.25) is 0 Å². The van der Waals surface area contributed by atoms with Gasteiger partial charge in [0.05, 0.1) is 11.1 Å². The summed E-state index contributed by atoms with van der Waals surface area (Å²) in [6.07, 6.45) is 2.33. The lowest BCUT2D eigenvalue weighted by molar-refractivity contribution is -0.138. The number of thioether (sulfide) groups is 2. The van der Waals surface area contributed by atoms with Gasteiger partial charge in [0.25, 0.3) is 0 Å². The molecule has 0 radical (unpaired) electrons. The van der Waals surface area contributed by atoms with Gasteiger partial charge in [0.1, 0.15) is 0 Å². The van der Waals surface area contributed by atoms with Gasteiger partial charge in [-0.3, -0.25) is 19.3 Å². The zero-order valence-corrected chi connectivity index (χ0v) is 13.1. The molecule has 0 aliphatic carbocycles. The van der Waals surface area contributed by atoms with Crippen molar-refractivity contribution in [3.05, 3.63) is 0 Å². The summed E-state index contributed by atoms with van der Waals surface area (Å²) in [6.45, 7) is 4.19. The Morgan fingerprint density at radius 1 is 1.47 bits per heavy atom. The molecule has 1 heterocycles. The highest BCUT2D eigenvalue weighted by Crippen LogP contribution is 2.28. The maximum atomic E-state index is 12.0. The van der Waals surface area contributed by atoms with E-state index in [1.54, 1.807) is 0 Å². The van der Waals surface area contributed by atoms with Gasteiger partial charge in [0.2, 0.25) is 17.7 Å². The number of rotatable bonds is 7. The van der Waals surface area contributed by atoms with Crippen LogP contribution in [0.1, 0.15) is 26.7 Å². The van der Waals surface area contributed by atoms with Gasteiger partial charge in [0.15, 0.2) is 0 Å². The van der Waals surface area contributed by atoms with Crippen LogP contribution < -0.4 is 5.32 Å². The van der Waals surface area contributed by atoms with E-state index in [4.69, 9.17) is 0 Å². The molecule has 1 aliphatic heterocycles. The molecule has 0 bridgehead atoms. The van der Waals surface area contributed by atoms with Crippen molar-refractivity contribution in [2.75, 3.05) is 18.7 Å². The molecule has 1 N–H and O–H groups in total. The molecule has 19 heavy (non-hydrogen) atoms. The number of hydrogen-bond donors (Lipinski definition) is 1. The Bertz CT molecular complexity index is 361. The lowest BCUT2D eigenvalue weighted by Gasteiger charge is -2.15. The third kappa shape index (κ3) is 5.06. The first kappa shape index (κ1) is 16.4. The summed E-state index contributed by atoms with van der Waals surface area (Å²) in [7, 11) is 0. The van der Waals surface area contributed by atoms with Crippen molar-refractivity contribution in [3.63, 3.8) is 0 Å². The number of amides is 3. The highest BCUT2D eigenvalue weighted by Gasteiger charge is 2.38. The smallest absolute Gasteiger partial charge is 0.242 e. The minimum atomic E-state index is -0.276. The Kier molecular flexibility index (Phi) is 6.71. The third-order valence-electron chi connectivity index (χ3n) is 2.62. The largest absolute Gasteiger partial charge is 0.347 e. The van der Waals surface area contributed by atoms with E-state index in [1.807, 2.05) is 20.1 Å². The monoisotopic (exact) mass is 304 g/mol. The Balaban J connectivity index is 2.43. The first-order valence-corrected chi connectivity index (χ1v) is 8.54. The van der Waals surface area contributed by atoms with Gasteiger partial charge >= 0.3 is 0 Å². The average Bonchev–Trinajstić information content (AvgIpc) is 2.59. The molecule has 0 aromatic carbocycles. The predicted molar refractivity (Wildman–Crippen MR) is 79.0 cm³/mol. The molecule has 0 saturated carbocycles. The Morgan fingerprint density at radius 2 is 2.16 bits per heavy atom. The number of nitrogens with one attached hydrogen (secondary N) is 1. The van der Waals surface area contributed by atoms with Crippen LogP contribution in [0.5, 0.6) is 0 Å². The van der Waals surface area contributed by atoms with Crippen molar-refractivity contribution < 1.29 is 14.4 Å². The third-order valence-corrected chi connectivity index (χ3v) is 4.29. The van der Waals surface area contributed by atoms with Gasteiger partial charge in [-0.05, 0) is 11.5 Å². The fourth-order valence-corrected chi connectivity index (χ4v) is 3.22. The van der Waals surface area contributed by atoms with Gasteiger partial charge in [0, 0.05) is 19.4 Å². The van der Waals surface area contributed by atoms with Crippen LogP contribution in [-0.2, 0) is 14.4 Å². The van der Waals surface area contributed by atoms with E-state index in [0.29, 0.717) is 11.1 Å². The lowest BCUT2D eigenvalue weighted by atomic mass is 10.3. The summed E-state index contributed by atoms with van der Waals surface area (Å²) in [4.78, 5) is 36.5. The molecule has 1 aliphatic rings. The van der Waals surface area contributed by atoms with Crippen molar-refractivity contribution >= 4 is 41.2 Å². The number of imide groups is 1. The minimum Gasteiger partial charge on any atom is -0.347 e. The molecule has 0 aromatic rings. The van der Waals surface area contributed by atoms with Crippen LogP contribution in [0.4, 0.5) is 0 Å². The van der Waals surface area contributed by atoms with Crippen LogP contribution in [0, 0.1) is 0 Å². The van der Waals surface area contributed by atoms with Gasteiger partial charge in [-0.2, -0.15) is 0 Å². The van der Waals surface area contributed by atoms with E-state index >= 15 is 0 Å². The van der Waals surface area contributed by atoms with Crippen molar-refractivity contribution in [3.8, 4) is 0 Å². The van der Waals surface area contributed by atoms with Crippen LogP contribution in [0.15, 0.2) is 0 Å². The summed E-state index contributed by atoms with van der Waals surface area (Å²) in [5.74, 6) is 0.101. The first-order valence-electron chi connectivity index (χ1n) is 6.21. The summed E-state index contributed by atoms with van der Waals surface area (Å²) >= 11 is 3.02. The Labute approximate surface area is 122 Å². The molecule has 1 rings (SSSR count). The van der Waals surface area contributed by atoms with Crippen LogP contribution in [0.3, 0.4) is 0 Å². The molecule has 1 saturated heterocycles. The molecule has 5 nitrogen and oxygen atoms in total. The predicted octanol–water partition coefficient (Wildman–Crippen LogP) is 1.08. The quantitative estimate of drug-likeness (QED) is 0.563. The van der Waals surface area contributed by atoms with E-state index in [2.05, 4.69) is 5.32 Å². The topological polar surface area (TPSA) is 66.5 Å².